The summed E-state index contributed by atoms with van der Waals surface area (Å²) in [5.41, 5.74) is 15.9. The summed E-state index contributed by atoms with van der Waals surface area (Å²) in [6.45, 7) is 14.0. The molecule has 1 aromatic heterocycles. The lowest BCUT2D eigenvalue weighted by molar-refractivity contribution is 0.590. The van der Waals surface area contributed by atoms with Gasteiger partial charge in [-0.05, 0) is 50.3 Å². The van der Waals surface area contributed by atoms with E-state index in [9.17, 15) is 0 Å². The van der Waals surface area contributed by atoms with Crippen LogP contribution in [0.25, 0.3) is 33.4 Å². The van der Waals surface area contributed by atoms with Crippen molar-refractivity contribution in [1.82, 2.24) is 0 Å². The Hall–Kier alpha value is -4.30. The summed E-state index contributed by atoms with van der Waals surface area (Å²) in [5.74, 6) is 1.13. The van der Waals surface area contributed by atoms with Crippen LogP contribution in [-0.4, -0.2) is 6.71 Å². The van der Waals surface area contributed by atoms with Gasteiger partial charge in [-0.1, -0.05) is 161 Å². The van der Waals surface area contributed by atoms with Gasteiger partial charge in [0.15, 0.2) is 0 Å². The summed E-state index contributed by atoms with van der Waals surface area (Å²) in [7, 11) is 0. The maximum absolute atomic E-state index is 6.73. The fourth-order valence-corrected chi connectivity index (χ4v) is 7.58. The molecule has 1 atom stereocenters. The number of hydrogen-bond donors (Lipinski definition) is 0. The maximum Gasteiger partial charge on any atom is 0.243 e. The van der Waals surface area contributed by atoms with Gasteiger partial charge in [-0.15, -0.1) is 0 Å². The first-order valence-corrected chi connectivity index (χ1v) is 15.6. The van der Waals surface area contributed by atoms with Crippen LogP contribution in [0.5, 0.6) is 0 Å². The van der Waals surface area contributed by atoms with Crippen molar-refractivity contribution in [2.24, 2.45) is 0 Å². The van der Waals surface area contributed by atoms with Crippen LogP contribution >= 0.6 is 0 Å². The number of rotatable bonds is 2. The number of furan rings is 1. The fourth-order valence-electron chi connectivity index (χ4n) is 7.58. The molecule has 0 saturated heterocycles. The van der Waals surface area contributed by atoms with Crippen molar-refractivity contribution in [1.29, 1.82) is 0 Å². The third-order valence-corrected chi connectivity index (χ3v) is 9.79. The lowest BCUT2D eigenvalue weighted by Crippen LogP contribution is -2.60. The van der Waals surface area contributed by atoms with E-state index >= 15 is 0 Å². The second kappa shape index (κ2) is 9.10. The van der Waals surface area contributed by atoms with Gasteiger partial charge < -0.3 is 4.42 Å². The van der Waals surface area contributed by atoms with E-state index in [0.29, 0.717) is 0 Å². The Bertz CT molecular complexity index is 2030. The molecule has 43 heavy (non-hydrogen) atoms. The monoisotopic (exact) mass is 556 g/mol. The zero-order chi connectivity index (χ0) is 29.7. The van der Waals surface area contributed by atoms with Crippen molar-refractivity contribution in [2.75, 3.05) is 0 Å². The topological polar surface area (TPSA) is 13.1 Å². The smallest absolute Gasteiger partial charge is 0.243 e. The minimum atomic E-state index is 0.0562. The third-order valence-electron chi connectivity index (χ3n) is 9.79. The van der Waals surface area contributed by atoms with Crippen LogP contribution < -0.4 is 16.4 Å². The molecule has 0 saturated carbocycles. The van der Waals surface area contributed by atoms with Crippen LogP contribution in [0.2, 0.25) is 0 Å². The SMILES string of the molecule is CC(C)(C)c1ccc([C@H]2c3ccc(C(C)(C)C)cc3B3c4c(cccc42)-c2c(-c4ccccc4)oc4cccc3c24)cc1. The maximum atomic E-state index is 6.73. The first-order valence-electron chi connectivity index (χ1n) is 15.6. The van der Waals surface area contributed by atoms with Crippen LogP contribution in [0.1, 0.15) is 75.3 Å². The Morgan fingerprint density at radius 2 is 1.30 bits per heavy atom. The van der Waals surface area contributed by atoms with Crippen molar-refractivity contribution in [3.8, 4) is 22.5 Å². The average molecular weight is 557 g/mol. The molecular formula is C41H37BO. The first-order chi connectivity index (χ1) is 20.6. The van der Waals surface area contributed by atoms with Crippen LogP contribution in [-0.2, 0) is 10.8 Å². The molecule has 0 aliphatic carbocycles. The molecule has 5 aromatic carbocycles. The van der Waals surface area contributed by atoms with Gasteiger partial charge in [0.05, 0.1) is 0 Å². The van der Waals surface area contributed by atoms with E-state index in [2.05, 4.69) is 151 Å². The second-order valence-corrected chi connectivity index (χ2v) is 14.5. The Morgan fingerprint density at radius 3 is 2.02 bits per heavy atom. The van der Waals surface area contributed by atoms with Gasteiger partial charge in [-0.2, -0.15) is 0 Å². The van der Waals surface area contributed by atoms with Crippen molar-refractivity contribution >= 4 is 34.1 Å². The van der Waals surface area contributed by atoms with E-state index in [0.717, 1.165) is 16.9 Å². The summed E-state index contributed by atoms with van der Waals surface area (Å²) in [6, 6.07) is 40.9. The molecule has 0 fully saturated rings. The van der Waals surface area contributed by atoms with Crippen molar-refractivity contribution in [3.05, 3.63) is 137 Å². The quantitative estimate of drug-likeness (QED) is 0.194. The van der Waals surface area contributed by atoms with Crippen LogP contribution in [0.15, 0.2) is 114 Å². The van der Waals surface area contributed by atoms with E-state index < -0.39 is 0 Å². The summed E-state index contributed by atoms with van der Waals surface area (Å²) < 4.78 is 6.73. The van der Waals surface area contributed by atoms with Gasteiger partial charge in [-0.25, -0.2) is 0 Å². The van der Waals surface area contributed by atoms with Gasteiger partial charge in [0.25, 0.3) is 0 Å². The molecule has 2 aliphatic heterocycles. The molecule has 3 heterocycles. The molecule has 0 amide bonds. The Labute approximate surface area is 255 Å². The zero-order valence-corrected chi connectivity index (χ0v) is 26.0. The molecule has 0 bridgehead atoms. The zero-order valence-electron chi connectivity index (χ0n) is 26.0. The van der Waals surface area contributed by atoms with Crippen LogP contribution in [0.3, 0.4) is 0 Å². The molecular weight excluding hydrogens is 519 g/mol. The standard InChI is InChI=1S/C41H37BO/c1-40(2,3)27-20-18-25(19-21-27)35-29-23-22-28(41(4,5)6)24-33(29)42-32-16-11-17-34-37(32)36(31-15-10-14-30(35)38(31)42)39(43-34)26-12-8-7-9-13-26/h7-24,35H,1-6H3/t35-/m0/s1. The van der Waals surface area contributed by atoms with Gasteiger partial charge in [-0.3, -0.25) is 0 Å². The Morgan fingerprint density at radius 1 is 0.605 bits per heavy atom. The van der Waals surface area contributed by atoms with Gasteiger partial charge in [0.2, 0.25) is 6.71 Å². The Balaban J connectivity index is 1.46. The van der Waals surface area contributed by atoms with Gasteiger partial charge in [0, 0.05) is 22.4 Å². The van der Waals surface area contributed by atoms with E-state index in [4.69, 9.17) is 4.42 Å². The minimum absolute atomic E-state index is 0.0562. The highest BCUT2D eigenvalue weighted by Gasteiger charge is 2.43. The molecule has 6 aromatic rings. The number of fused-ring (bicyclic) bond motifs is 4. The molecule has 0 radical (unpaired) electrons. The third kappa shape index (κ3) is 3.92. The summed E-state index contributed by atoms with van der Waals surface area (Å²) >= 11 is 0. The molecule has 0 unspecified atom stereocenters. The Kier molecular flexibility index (Phi) is 5.58. The summed E-state index contributed by atoms with van der Waals surface area (Å²) in [5, 5.41) is 1.26. The predicted octanol–water partition coefficient (Wildman–Crippen LogP) is 8.69. The fraction of sp³-hybridized carbons (Fsp3) is 0.220. The number of hydrogen-bond acceptors (Lipinski definition) is 1. The highest BCUT2D eigenvalue weighted by atomic mass is 16.3. The summed E-state index contributed by atoms with van der Waals surface area (Å²) in [4.78, 5) is 0. The normalized spacial score (nSPS) is 15.4. The first kappa shape index (κ1) is 26.3. The van der Waals surface area contributed by atoms with E-state index in [1.807, 2.05) is 0 Å². The van der Waals surface area contributed by atoms with Crippen LogP contribution in [0.4, 0.5) is 0 Å². The number of benzene rings is 5. The van der Waals surface area contributed by atoms with E-state index in [-0.39, 0.29) is 23.5 Å². The van der Waals surface area contributed by atoms with Gasteiger partial charge in [0.1, 0.15) is 11.3 Å². The average Bonchev–Trinajstić information content (AvgIpc) is 3.39. The van der Waals surface area contributed by atoms with Crippen molar-refractivity contribution in [2.45, 2.75) is 58.3 Å². The molecule has 2 aliphatic rings. The van der Waals surface area contributed by atoms with E-state index in [1.54, 1.807) is 0 Å². The van der Waals surface area contributed by atoms with E-state index in [1.165, 1.54) is 60.7 Å². The molecule has 1 nitrogen and oxygen atoms in total. The highest BCUT2D eigenvalue weighted by Crippen LogP contribution is 2.45. The summed E-state index contributed by atoms with van der Waals surface area (Å²) in [6.07, 6.45) is 0. The second-order valence-electron chi connectivity index (χ2n) is 14.5. The van der Waals surface area contributed by atoms with Gasteiger partial charge >= 0.3 is 0 Å². The van der Waals surface area contributed by atoms with Crippen molar-refractivity contribution in [3.63, 3.8) is 0 Å². The molecule has 210 valence electrons. The molecule has 2 heteroatoms. The lowest BCUT2D eigenvalue weighted by Gasteiger charge is -2.38. The lowest BCUT2D eigenvalue weighted by atomic mass is 9.30. The molecule has 0 N–H and O–H groups in total. The minimum Gasteiger partial charge on any atom is -0.455 e. The largest absolute Gasteiger partial charge is 0.455 e. The molecule has 0 spiro atoms. The van der Waals surface area contributed by atoms with Crippen molar-refractivity contribution < 1.29 is 4.42 Å². The highest BCUT2D eigenvalue weighted by molar-refractivity contribution is 6.99. The van der Waals surface area contributed by atoms with Crippen LogP contribution in [0, 0.1) is 0 Å². The molecule has 8 rings (SSSR count). The predicted molar refractivity (Wildman–Crippen MR) is 183 cm³/mol.